The molecule has 2 aromatic carbocycles. The molecule has 0 aliphatic heterocycles. The second kappa shape index (κ2) is 6.68. The van der Waals surface area contributed by atoms with Crippen LogP contribution in [0.15, 0.2) is 59.6 Å². The van der Waals surface area contributed by atoms with Gasteiger partial charge >= 0.3 is 6.18 Å². The topological polar surface area (TPSA) is 30.0 Å². The van der Waals surface area contributed by atoms with Crippen LogP contribution < -0.4 is 0 Å². The van der Waals surface area contributed by atoms with Crippen LogP contribution in [0.1, 0.15) is 24.8 Å². The summed E-state index contributed by atoms with van der Waals surface area (Å²) < 4.78 is 38.0. The number of aromatic nitrogens is 1. The molecule has 0 bridgehead atoms. The van der Waals surface area contributed by atoms with Crippen molar-refractivity contribution in [3.05, 3.63) is 60.3 Å². The van der Waals surface area contributed by atoms with Crippen LogP contribution in [-0.4, -0.2) is 16.0 Å². The highest BCUT2D eigenvalue weighted by molar-refractivity contribution is 8.01. The molecule has 0 atom stereocenters. The Morgan fingerprint density at radius 2 is 1.70 bits per heavy atom. The molecule has 4 rings (SSSR count). The highest BCUT2D eigenvalue weighted by Gasteiger charge is 2.38. The maximum Gasteiger partial charge on any atom is 0.416 e. The van der Waals surface area contributed by atoms with E-state index in [-0.39, 0.29) is 4.75 Å². The molecule has 0 N–H and O–H groups in total. The number of carbonyl (C=O) groups excluding carboxylic acids is 1. The lowest BCUT2D eigenvalue weighted by atomic mass is 9.86. The molecular formula is C21H16F3NOS. The van der Waals surface area contributed by atoms with Gasteiger partial charge < -0.3 is 4.79 Å². The molecule has 1 aliphatic rings. The number of alkyl halides is 3. The number of halogens is 3. The summed E-state index contributed by atoms with van der Waals surface area (Å²) in [5.74, 6) is 0. The van der Waals surface area contributed by atoms with Gasteiger partial charge in [0.25, 0.3) is 0 Å². The van der Waals surface area contributed by atoms with E-state index in [1.165, 1.54) is 12.1 Å². The fourth-order valence-corrected chi connectivity index (χ4v) is 4.61. The number of carbonyl (C=O) groups is 1. The molecule has 1 fully saturated rings. The molecule has 138 valence electrons. The summed E-state index contributed by atoms with van der Waals surface area (Å²) in [5, 5.41) is 0.910. The molecule has 0 saturated heterocycles. The quantitative estimate of drug-likeness (QED) is 0.504. The van der Waals surface area contributed by atoms with Crippen LogP contribution >= 0.6 is 11.8 Å². The second-order valence-corrected chi connectivity index (χ2v) is 8.21. The third kappa shape index (κ3) is 3.46. The van der Waals surface area contributed by atoms with Crippen molar-refractivity contribution in [2.24, 2.45) is 0 Å². The average Bonchev–Trinajstić information content (AvgIpc) is 2.64. The van der Waals surface area contributed by atoms with Crippen LogP contribution in [0, 0.1) is 0 Å². The fraction of sp³-hybridized carbons (Fsp3) is 0.238. The van der Waals surface area contributed by atoms with Gasteiger partial charge in [-0.3, -0.25) is 4.98 Å². The minimum absolute atomic E-state index is 0.362. The third-order valence-electron chi connectivity index (χ3n) is 4.98. The van der Waals surface area contributed by atoms with Gasteiger partial charge in [-0.1, -0.05) is 18.2 Å². The monoisotopic (exact) mass is 387 g/mol. The first-order chi connectivity index (χ1) is 12.9. The highest BCUT2D eigenvalue weighted by Crippen LogP contribution is 2.47. The molecule has 1 saturated carbocycles. The molecule has 27 heavy (non-hydrogen) atoms. The van der Waals surface area contributed by atoms with Gasteiger partial charge in [0.2, 0.25) is 0 Å². The molecule has 1 aliphatic carbocycles. The molecule has 0 spiro atoms. The second-order valence-electron chi connectivity index (χ2n) is 6.75. The maximum atomic E-state index is 12.8. The standard InChI is InChI=1S/C21H16F3NOS/c22-21(23,24)16-5-2-14(3-6-16)15-4-7-18-17(12-15)19(8-11-25-18)27-20(13-26)9-1-10-20/h2-8,11-13H,1,9-10H2. The summed E-state index contributed by atoms with van der Waals surface area (Å²) in [6.45, 7) is 0. The Bertz CT molecular complexity index is 994. The third-order valence-corrected chi connectivity index (χ3v) is 6.46. The highest BCUT2D eigenvalue weighted by atomic mass is 32.2. The van der Waals surface area contributed by atoms with Crippen molar-refractivity contribution in [2.45, 2.75) is 35.1 Å². The normalized spacial score (nSPS) is 16.1. The first-order valence-electron chi connectivity index (χ1n) is 8.62. The van der Waals surface area contributed by atoms with Crippen LogP contribution in [0.3, 0.4) is 0 Å². The molecule has 1 aromatic heterocycles. The Hall–Kier alpha value is -2.34. The number of pyridine rings is 1. The Kier molecular flexibility index (Phi) is 4.46. The van der Waals surface area contributed by atoms with Crippen molar-refractivity contribution >= 4 is 29.0 Å². The first-order valence-corrected chi connectivity index (χ1v) is 9.44. The van der Waals surface area contributed by atoms with E-state index in [0.29, 0.717) is 5.56 Å². The van der Waals surface area contributed by atoms with Crippen LogP contribution in [-0.2, 0) is 11.0 Å². The lowest BCUT2D eigenvalue weighted by molar-refractivity contribution is -0.137. The number of aldehydes is 1. The Morgan fingerprint density at radius 1 is 1.00 bits per heavy atom. The maximum absolute atomic E-state index is 12.8. The Balaban J connectivity index is 1.73. The smallest absolute Gasteiger partial charge is 0.302 e. The van der Waals surface area contributed by atoms with E-state index < -0.39 is 11.7 Å². The zero-order valence-electron chi connectivity index (χ0n) is 14.3. The number of fused-ring (bicyclic) bond motifs is 1. The molecular weight excluding hydrogens is 371 g/mol. The fourth-order valence-electron chi connectivity index (χ4n) is 3.23. The zero-order chi connectivity index (χ0) is 19.1. The predicted octanol–water partition coefficient (Wildman–Crippen LogP) is 6.13. The van der Waals surface area contributed by atoms with Gasteiger partial charge in [0.15, 0.2) is 0 Å². The van der Waals surface area contributed by atoms with E-state index in [9.17, 15) is 18.0 Å². The van der Waals surface area contributed by atoms with Crippen molar-refractivity contribution in [3.8, 4) is 11.1 Å². The Labute approximate surface area is 158 Å². The van der Waals surface area contributed by atoms with Crippen molar-refractivity contribution in [1.82, 2.24) is 4.98 Å². The number of thioether (sulfide) groups is 1. The summed E-state index contributed by atoms with van der Waals surface area (Å²) in [6, 6.07) is 12.7. The molecule has 0 amide bonds. The zero-order valence-corrected chi connectivity index (χ0v) is 15.1. The van der Waals surface area contributed by atoms with Gasteiger partial charge in [-0.2, -0.15) is 13.2 Å². The van der Waals surface area contributed by atoms with Crippen LogP contribution in [0.4, 0.5) is 13.2 Å². The number of hydrogen-bond donors (Lipinski definition) is 0. The van der Waals surface area contributed by atoms with Crippen molar-refractivity contribution in [1.29, 1.82) is 0 Å². The van der Waals surface area contributed by atoms with Gasteiger partial charge in [-0.15, -0.1) is 11.8 Å². The predicted molar refractivity (Wildman–Crippen MR) is 101 cm³/mol. The average molecular weight is 387 g/mol. The van der Waals surface area contributed by atoms with E-state index in [1.54, 1.807) is 18.0 Å². The number of hydrogen-bond acceptors (Lipinski definition) is 3. The van der Waals surface area contributed by atoms with Crippen molar-refractivity contribution in [2.75, 3.05) is 0 Å². The molecule has 6 heteroatoms. The van der Waals surface area contributed by atoms with E-state index in [4.69, 9.17) is 0 Å². The van der Waals surface area contributed by atoms with Gasteiger partial charge in [0.1, 0.15) is 6.29 Å². The molecule has 0 unspecified atom stereocenters. The lowest BCUT2D eigenvalue weighted by Gasteiger charge is -2.36. The largest absolute Gasteiger partial charge is 0.416 e. The molecule has 0 radical (unpaired) electrons. The van der Waals surface area contributed by atoms with Crippen molar-refractivity contribution < 1.29 is 18.0 Å². The Morgan fingerprint density at radius 3 is 2.30 bits per heavy atom. The van der Waals surface area contributed by atoms with Gasteiger partial charge in [-0.25, -0.2) is 0 Å². The van der Waals surface area contributed by atoms with Crippen molar-refractivity contribution in [3.63, 3.8) is 0 Å². The van der Waals surface area contributed by atoms with E-state index in [0.717, 1.165) is 59.0 Å². The van der Waals surface area contributed by atoms with Crippen LogP contribution in [0.25, 0.3) is 22.0 Å². The SMILES string of the molecule is O=CC1(Sc2ccnc3ccc(-c4ccc(C(F)(F)F)cc4)cc23)CCC1. The number of rotatable bonds is 4. The summed E-state index contributed by atoms with van der Waals surface area (Å²) in [6.07, 6.45) is 1.19. The molecule has 3 aromatic rings. The summed E-state index contributed by atoms with van der Waals surface area (Å²) in [5.41, 5.74) is 1.66. The minimum Gasteiger partial charge on any atom is -0.302 e. The van der Waals surface area contributed by atoms with E-state index in [1.807, 2.05) is 24.3 Å². The minimum atomic E-state index is -4.35. The van der Waals surface area contributed by atoms with Gasteiger partial charge in [0.05, 0.1) is 15.8 Å². The summed E-state index contributed by atoms with van der Waals surface area (Å²) in [4.78, 5) is 16.9. The number of nitrogens with zero attached hydrogens (tertiary/aromatic N) is 1. The lowest BCUT2D eigenvalue weighted by Crippen LogP contribution is -2.34. The van der Waals surface area contributed by atoms with Gasteiger partial charge in [0, 0.05) is 16.5 Å². The van der Waals surface area contributed by atoms with Gasteiger partial charge in [-0.05, 0) is 60.7 Å². The summed E-state index contributed by atoms with van der Waals surface area (Å²) in [7, 11) is 0. The molecule has 1 heterocycles. The number of benzene rings is 2. The summed E-state index contributed by atoms with van der Waals surface area (Å²) >= 11 is 1.56. The van der Waals surface area contributed by atoms with Crippen LogP contribution in [0.5, 0.6) is 0 Å². The van der Waals surface area contributed by atoms with E-state index in [2.05, 4.69) is 4.98 Å². The van der Waals surface area contributed by atoms with E-state index >= 15 is 0 Å². The first kappa shape index (κ1) is 18.0. The van der Waals surface area contributed by atoms with Crippen LogP contribution in [0.2, 0.25) is 0 Å². The molecule has 2 nitrogen and oxygen atoms in total.